The predicted octanol–water partition coefficient (Wildman–Crippen LogP) is -9.90. The predicted molar refractivity (Wildman–Crippen MR) is 172 cm³/mol. The van der Waals surface area contributed by atoms with Gasteiger partial charge in [0.05, 0.1) is 38.8 Å². The van der Waals surface area contributed by atoms with Crippen LogP contribution in [0.2, 0.25) is 0 Å². The molecule has 4 aliphatic rings. The molecule has 0 aromatic carbocycles. The Morgan fingerprint density at radius 3 is 0.881 bits per heavy atom. The van der Waals surface area contributed by atoms with Gasteiger partial charge in [-0.05, 0) is 13.3 Å². The van der Waals surface area contributed by atoms with E-state index >= 15 is 0 Å². The van der Waals surface area contributed by atoms with Crippen LogP contribution in [0.4, 0.5) is 0 Å². The summed E-state index contributed by atoms with van der Waals surface area (Å²) in [7, 11) is 0. The van der Waals surface area contributed by atoms with E-state index in [2.05, 4.69) is 16.1 Å². The van der Waals surface area contributed by atoms with Crippen molar-refractivity contribution >= 4 is 0 Å². The molecule has 37 heteroatoms. The molecule has 21 atom stereocenters. The Labute approximate surface area is 855 Å². The molecule has 24 nitrogen and oxygen atoms in total. The Kier molecular flexibility index (Phi) is 114. The molecule has 0 amide bonds. The summed E-state index contributed by atoms with van der Waals surface area (Å²) < 4.78 is 29.4. The van der Waals surface area contributed by atoms with Gasteiger partial charge < -0.3 is 120 Å². The molecule has 0 spiro atoms. The Balaban J connectivity index is -0.0000000498. The third-order valence-electron chi connectivity index (χ3n) is 8.60. The van der Waals surface area contributed by atoms with Crippen molar-refractivity contribution in [1.29, 1.82) is 0 Å². The van der Waals surface area contributed by atoms with Crippen molar-refractivity contribution in [3.8, 4) is 0 Å². The average molecular weight is 3750 g/mol. The topological polar surface area (TPSA) is 420 Å². The van der Waals surface area contributed by atoms with Crippen LogP contribution in [0.25, 0.3) is 0 Å². The van der Waals surface area contributed by atoms with Gasteiger partial charge in [-0.2, -0.15) is 0 Å². The van der Waals surface area contributed by atoms with Crippen molar-refractivity contribution in [3.05, 3.63) is 12.8 Å². The molecule has 18 N–H and O–H groups in total. The average Bonchev–Trinajstić information content (AvgIpc) is 3.17. The number of aliphatic hydroxyl groups is 18. The maximum absolute atomic E-state index is 9.62. The van der Waals surface area contributed by atoms with Gasteiger partial charge in [0.2, 0.25) is 6.29 Å². The van der Waals surface area contributed by atoms with Gasteiger partial charge in [0, 0.05) is 573 Å². The fourth-order valence-corrected chi connectivity index (χ4v) is 4.94. The van der Waals surface area contributed by atoms with E-state index in [4.69, 9.17) is 80.2 Å². The largest absolute Gasteiger partial charge is 0.470 e. The van der Waals surface area contributed by atoms with E-state index < -0.39 is 149 Å². The normalized spacial score (nSPS) is 36.7. The molecule has 13 radical (unpaired) electrons. The number of hydrogen-bond acceptors (Lipinski definition) is 24. The maximum atomic E-state index is 9.62. The molecule has 0 aromatic heterocycles. The molecule has 4 rings (SSSR count). The van der Waals surface area contributed by atoms with Gasteiger partial charge in [-0.15, -0.1) is 0 Å². The molecule has 0 bridgehead atoms. The van der Waals surface area contributed by atoms with Crippen LogP contribution in [0.15, 0.2) is 12.8 Å². The van der Waals surface area contributed by atoms with Crippen molar-refractivity contribution in [1.82, 2.24) is 0 Å². The van der Waals surface area contributed by atoms with Crippen LogP contribution < -0.4 is 0 Å². The van der Waals surface area contributed by atoms with Gasteiger partial charge >= 0.3 is 0 Å². The first kappa shape index (κ1) is 115. The second-order valence-corrected chi connectivity index (χ2v) is 12.5. The van der Waals surface area contributed by atoms with Crippen molar-refractivity contribution < 1.29 is 693 Å². The van der Waals surface area contributed by atoms with Gasteiger partial charge in [-0.3, -0.25) is 0 Å². The van der Waals surface area contributed by atoms with E-state index in [1.54, 1.807) is 6.92 Å². The summed E-state index contributed by atoms with van der Waals surface area (Å²) in [5.41, 5.74) is 0. The minimum absolute atomic E-state index is 0. The Morgan fingerprint density at radius 1 is 0.388 bits per heavy atom. The summed E-state index contributed by atoms with van der Waals surface area (Å²) in [5.74, 6) is 0. The second kappa shape index (κ2) is 66.3. The fourth-order valence-electron chi connectivity index (χ4n) is 4.94. The molecule has 0 aliphatic carbocycles. The first-order valence-electron chi connectivity index (χ1n) is 16.8. The zero-order valence-corrected chi connectivity index (χ0v) is 98.6. The minimum atomic E-state index is -1.57. The molecule has 67 heavy (non-hydrogen) atoms. The number of hydrogen-bond donors (Lipinski definition) is 18. The standard InChI is InChI=1S/C10H20O6.C8H14O6.2C6H12O6.13Ac/c1-3-5(2)15-10-9(14)8(13)7(12)6(4-11)16-10;1-2-13-8-7(12)6(11)5(10)4(3-9)14-8;2*7-1-2-3(8)4(9)5(10)6(11)12-2;;;;;;;;;;;;;/h5-14H,3-4H2,1-2H3;2,4-12H,1,3H2;2*2-11H,1H2;;;;;;;;;;;;;/t5?,6?,7-,8+,9?,10+;4?,5-,6+,7?,8+;2*2?,3-,4+,5?,6+;;;;;;;;;;;;;/m1111............./s1. The van der Waals surface area contributed by atoms with Crippen molar-refractivity contribution in [2.75, 3.05) is 26.4 Å². The minimum Gasteiger partial charge on any atom is -0.470 e. The van der Waals surface area contributed by atoms with Crippen LogP contribution in [0.3, 0.4) is 0 Å². The summed E-state index contributed by atoms with van der Waals surface area (Å²) in [6, 6.07) is 0. The van der Waals surface area contributed by atoms with E-state index in [9.17, 15) is 30.6 Å². The SMILES string of the molecule is C=CO[C@H]1OC(CO)[C@@H](O)[C@H](O)C1O.CCC(C)O[C@H]1OC(CO)[C@@H](O)[C@H](O)C1O.OCC1O[C@H](O)C(O)[C@@H](O)[C@@H]1O.OCC1O[C@H](O)C(O)[C@@H](O)[C@@H]1O.[Ac].[Ac].[Ac].[Ac].[Ac].[Ac].[Ac].[Ac].[Ac].[Ac].[Ac].[Ac].[Ac]. The first-order valence-corrected chi connectivity index (χ1v) is 16.8. The van der Waals surface area contributed by atoms with Gasteiger partial charge in [-0.1, -0.05) is 13.5 Å². The van der Waals surface area contributed by atoms with Crippen LogP contribution in [0.5, 0.6) is 0 Å². The van der Waals surface area contributed by atoms with E-state index in [1.807, 2.05) is 6.92 Å². The van der Waals surface area contributed by atoms with Gasteiger partial charge in [0.1, 0.15) is 97.7 Å². The molecule has 4 saturated heterocycles. The second-order valence-electron chi connectivity index (χ2n) is 12.5. The summed E-state index contributed by atoms with van der Waals surface area (Å²) in [6.07, 6.45) is -24.6. The quantitative estimate of drug-likeness (QED) is 0.0953. The molecule has 0 aromatic rings. The Bertz CT molecular complexity index is 1020. The molecular weight excluding hydrogens is 3700 g/mol. The molecule has 4 heterocycles. The van der Waals surface area contributed by atoms with E-state index in [-0.39, 0.29) is 579 Å². The molecule has 9 unspecified atom stereocenters. The van der Waals surface area contributed by atoms with E-state index in [1.165, 1.54) is 0 Å². The number of aliphatic hydroxyl groups excluding tert-OH is 18. The fraction of sp³-hybridized carbons (Fsp3) is 0.933. The molecule has 4 aliphatic heterocycles. The summed E-state index contributed by atoms with van der Waals surface area (Å²) >= 11 is 0. The zero-order valence-electron chi connectivity index (χ0n) is 36.9. The van der Waals surface area contributed by atoms with Gasteiger partial charge in [-0.25, -0.2) is 0 Å². The smallest absolute Gasteiger partial charge is 0.228 e. The van der Waals surface area contributed by atoms with Crippen LogP contribution in [0, 0.1) is 573 Å². The zero-order chi connectivity index (χ0) is 41.6. The summed E-state index contributed by atoms with van der Waals surface area (Å²) in [4.78, 5) is 0. The van der Waals surface area contributed by atoms with Gasteiger partial charge in [0.25, 0.3) is 0 Å². The maximum Gasteiger partial charge on any atom is 0.228 e. The summed E-state index contributed by atoms with van der Waals surface area (Å²) in [5, 5.41) is 164. The number of rotatable bonds is 9. The van der Waals surface area contributed by atoms with Crippen LogP contribution in [-0.4, -0.2) is 247 Å². The van der Waals surface area contributed by atoms with Crippen LogP contribution in [0.1, 0.15) is 20.3 Å². The monoisotopic (exact) mass is 3750 g/mol. The van der Waals surface area contributed by atoms with Crippen LogP contribution in [-0.2, 0) is 28.4 Å². The molecule has 0 saturated carbocycles. The van der Waals surface area contributed by atoms with Crippen molar-refractivity contribution in [3.63, 3.8) is 0 Å². The van der Waals surface area contributed by atoms with Crippen LogP contribution >= 0.6 is 0 Å². The van der Waals surface area contributed by atoms with Gasteiger partial charge in [0.15, 0.2) is 18.9 Å². The third kappa shape index (κ3) is 42.2. The van der Waals surface area contributed by atoms with E-state index in [0.717, 1.165) is 12.7 Å². The van der Waals surface area contributed by atoms with E-state index in [0.29, 0.717) is 0 Å². The van der Waals surface area contributed by atoms with Crippen molar-refractivity contribution in [2.24, 2.45) is 0 Å². The molecule has 361 valence electrons. The number of ether oxygens (including phenoxy) is 6. The first-order chi connectivity index (χ1) is 25.3. The summed E-state index contributed by atoms with van der Waals surface area (Å²) in [6.45, 7) is 5.02. The Hall–Kier alpha value is 17.4. The molecule has 4 fully saturated rings. The van der Waals surface area contributed by atoms with Crippen molar-refractivity contribution in [2.45, 2.75) is 149 Å². The molecular formula is C30H58Ac13O24. The third-order valence-corrected chi connectivity index (χ3v) is 8.60. The Morgan fingerprint density at radius 2 is 0.627 bits per heavy atom.